The highest BCUT2D eigenvalue weighted by Gasteiger charge is 2.08. The molecule has 0 atom stereocenters. The molecule has 0 aliphatic rings. The van der Waals surface area contributed by atoms with Gasteiger partial charge >= 0.3 is 0 Å². The van der Waals surface area contributed by atoms with Gasteiger partial charge in [0.2, 0.25) is 0 Å². The van der Waals surface area contributed by atoms with Crippen LogP contribution in [0.4, 0.5) is 0 Å². The summed E-state index contributed by atoms with van der Waals surface area (Å²) in [5.74, 6) is 0. The maximum Gasteiger partial charge on any atom is 0.129 e. The first-order valence-corrected chi connectivity index (χ1v) is 5.45. The fourth-order valence-corrected chi connectivity index (χ4v) is 0.855. The molecule has 0 spiro atoms. The first kappa shape index (κ1) is 14.4. The highest BCUT2D eigenvalue weighted by atomic mass is 16.6. The van der Waals surface area contributed by atoms with Crippen LogP contribution in [-0.2, 0) is 9.57 Å². The summed E-state index contributed by atoms with van der Waals surface area (Å²) in [5.41, 5.74) is -0.238. The lowest BCUT2D eigenvalue weighted by atomic mass is 10.2. The minimum absolute atomic E-state index is 0.238. The van der Waals surface area contributed by atoms with E-state index in [-0.39, 0.29) is 12.2 Å². The Morgan fingerprint density at radius 1 is 1.20 bits per heavy atom. The molecule has 0 radical (unpaired) electrons. The molecule has 0 fully saturated rings. The molecule has 4 nitrogen and oxygen atoms in total. The average Bonchev–Trinajstić information content (AvgIpc) is 2.14. The van der Waals surface area contributed by atoms with Crippen molar-refractivity contribution in [1.82, 2.24) is 0 Å². The zero-order valence-electron chi connectivity index (χ0n) is 10.0. The summed E-state index contributed by atoms with van der Waals surface area (Å²) in [6.45, 7) is 7.29. The van der Waals surface area contributed by atoms with E-state index in [1.807, 2.05) is 20.8 Å². The maximum atomic E-state index is 8.54. The summed E-state index contributed by atoms with van der Waals surface area (Å²) < 4.78 is 5.28. The topological polar surface area (TPSA) is 51.0 Å². The van der Waals surface area contributed by atoms with Gasteiger partial charge in [-0.3, -0.25) is 0 Å². The van der Waals surface area contributed by atoms with Crippen molar-refractivity contribution in [2.75, 3.05) is 19.8 Å². The molecule has 0 aromatic rings. The molecule has 0 rings (SSSR count). The second-order valence-corrected chi connectivity index (χ2v) is 4.35. The molecule has 90 valence electrons. The molecule has 0 heterocycles. The molecule has 4 heteroatoms. The number of nitrogens with zero attached hydrogens (tertiary/aromatic N) is 1. The Hall–Kier alpha value is -0.610. The monoisotopic (exact) mass is 217 g/mol. The predicted molar refractivity (Wildman–Crippen MR) is 61.1 cm³/mol. The molecule has 0 aliphatic heterocycles. The highest BCUT2D eigenvalue weighted by Crippen LogP contribution is 2.05. The van der Waals surface area contributed by atoms with E-state index in [0.29, 0.717) is 13.2 Å². The van der Waals surface area contributed by atoms with Gasteiger partial charge in [0, 0.05) is 13.2 Å². The Morgan fingerprint density at radius 2 is 1.93 bits per heavy atom. The summed E-state index contributed by atoms with van der Waals surface area (Å²) in [6, 6.07) is 0. The van der Waals surface area contributed by atoms with Crippen LogP contribution in [0.2, 0.25) is 0 Å². The molecule has 0 aromatic heterocycles. The number of rotatable bonds is 8. The summed E-state index contributed by atoms with van der Waals surface area (Å²) in [4.78, 5) is 5.13. The Kier molecular flexibility index (Phi) is 8.33. The molecule has 15 heavy (non-hydrogen) atoms. The van der Waals surface area contributed by atoms with Gasteiger partial charge in [-0.1, -0.05) is 5.16 Å². The zero-order valence-corrected chi connectivity index (χ0v) is 10.0. The highest BCUT2D eigenvalue weighted by molar-refractivity contribution is 5.57. The van der Waals surface area contributed by atoms with Gasteiger partial charge in [0.15, 0.2) is 0 Å². The van der Waals surface area contributed by atoms with Crippen molar-refractivity contribution >= 4 is 6.21 Å². The van der Waals surface area contributed by atoms with E-state index < -0.39 is 0 Å². The van der Waals surface area contributed by atoms with Gasteiger partial charge in [0.1, 0.15) is 5.60 Å². The molecular weight excluding hydrogens is 194 g/mol. The molecule has 0 unspecified atom stereocenters. The molecule has 0 aromatic carbocycles. The van der Waals surface area contributed by atoms with E-state index >= 15 is 0 Å². The Labute approximate surface area is 92.3 Å². The molecule has 0 bridgehead atoms. The average molecular weight is 217 g/mol. The lowest BCUT2D eigenvalue weighted by Crippen LogP contribution is -2.15. The summed E-state index contributed by atoms with van der Waals surface area (Å²) in [7, 11) is 0. The molecule has 0 saturated heterocycles. The van der Waals surface area contributed by atoms with Crippen LogP contribution in [0.1, 0.15) is 40.0 Å². The van der Waals surface area contributed by atoms with Crippen molar-refractivity contribution < 1.29 is 14.7 Å². The van der Waals surface area contributed by atoms with Gasteiger partial charge in [-0.05, 0) is 40.0 Å². The van der Waals surface area contributed by atoms with Gasteiger partial charge in [0.05, 0.1) is 12.8 Å². The van der Waals surface area contributed by atoms with Crippen molar-refractivity contribution in [3.8, 4) is 0 Å². The van der Waals surface area contributed by atoms with Crippen LogP contribution in [0.3, 0.4) is 0 Å². The van der Waals surface area contributed by atoms with Crippen LogP contribution < -0.4 is 0 Å². The van der Waals surface area contributed by atoms with Gasteiger partial charge in [-0.25, -0.2) is 0 Å². The second kappa shape index (κ2) is 8.68. The van der Waals surface area contributed by atoms with Crippen LogP contribution in [0, 0.1) is 0 Å². The van der Waals surface area contributed by atoms with Crippen LogP contribution in [0.25, 0.3) is 0 Å². The summed E-state index contributed by atoms with van der Waals surface area (Å²) in [5, 5.41) is 12.3. The third kappa shape index (κ3) is 13.4. The van der Waals surface area contributed by atoms with Crippen molar-refractivity contribution in [2.24, 2.45) is 5.16 Å². The quantitative estimate of drug-likeness (QED) is 0.384. The molecule has 0 aliphatic carbocycles. The van der Waals surface area contributed by atoms with E-state index in [4.69, 9.17) is 14.7 Å². The number of oxime groups is 1. The van der Waals surface area contributed by atoms with E-state index in [2.05, 4.69) is 5.16 Å². The Balaban J connectivity index is 3.17. The number of hydrogen-bond donors (Lipinski definition) is 1. The number of aliphatic hydroxyl groups excluding tert-OH is 1. The fourth-order valence-electron chi connectivity index (χ4n) is 0.855. The first-order valence-electron chi connectivity index (χ1n) is 5.45. The molecular formula is C11H23NO3. The summed E-state index contributed by atoms with van der Waals surface area (Å²) >= 11 is 0. The summed E-state index contributed by atoms with van der Waals surface area (Å²) in [6.07, 6.45) is 4.46. The van der Waals surface area contributed by atoms with E-state index in [9.17, 15) is 0 Å². The lowest BCUT2D eigenvalue weighted by Gasteiger charge is -2.14. The third-order valence-electron chi connectivity index (χ3n) is 1.54. The number of hydrogen-bond acceptors (Lipinski definition) is 4. The van der Waals surface area contributed by atoms with Crippen molar-refractivity contribution in [2.45, 2.75) is 45.6 Å². The number of aliphatic hydroxyl groups is 1. The smallest absolute Gasteiger partial charge is 0.129 e. The Morgan fingerprint density at radius 3 is 2.53 bits per heavy atom. The molecule has 1 N–H and O–H groups in total. The van der Waals surface area contributed by atoms with Crippen molar-refractivity contribution in [3.05, 3.63) is 0 Å². The standard InChI is InChI=1S/C11H23NO3/c1-11(2,3)15-12-7-10-14-9-6-4-5-8-13/h7,13H,4-6,8-10H2,1-3H3. The van der Waals surface area contributed by atoms with Crippen LogP contribution in [0.15, 0.2) is 5.16 Å². The minimum Gasteiger partial charge on any atom is -0.396 e. The maximum absolute atomic E-state index is 8.54. The normalized spacial score (nSPS) is 12.3. The van der Waals surface area contributed by atoms with E-state index in [1.54, 1.807) is 6.21 Å². The van der Waals surface area contributed by atoms with E-state index in [0.717, 1.165) is 19.3 Å². The number of unbranched alkanes of at least 4 members (excludes halogenated alkanes) is 2. The first-order chi connectivity index (χ1) is 7.06. The van der Waals surface area contributed by atoms with Crippen LogP contribution in [0.5, 0.6) is 0 Å². The van der Waals surface area contributed by atoms with Gasteiger partial charge in [0.25, 0.3) is 0 Å². The lowest BCUT2D eigenvalue weighted by molar-refractivity contribution is 0.000670. The van der Waals surface area contributed by atoms with Gasteiger partial charge in [-0.15, -0.1) is 0 Å². The predicted octanol–water partition coefficient (Wildman–Crippen LogP) is 1.97. The fraction of sp³-hybridized carbons (Fsp3) is 0.909. The largest absolute Gasteiger partial charge is 0.396 e. The molecule has 0 saturated carbocycles. The minimum atomic E-state index is -0.238. The van der Waals surface area contributed by atoms with E-state index in [1.165, 1.54) is 0 Å². The zero-order chi connectivity index (χ0) is 11.6. The third-order valence-corrected chi connectivity index (χ3v) is 1.54. The van der Waals surface area contributed by atoms with Gasteiger partial charge < -0.3 is 14.7 Å². The van der Waals surface area contributed by atoms with Crippen LogP contribution >= 0.6 is 0 Å². The Bertz CT molecular complexity index is 164. The van der Waals surface area contributed by atoms with Crippen LogP contribution in [-0.4, -0.2) is 36.7 Å². The SMILES string of the molecule is CC(C)(C)ON=CCOCCCCCO. The molecule has 0 amide bonds. The van der Waals surface area contributed by atoms with Crippen molar-refractivity contribution in [1.29, 1.82) is 0 Å². The van der Waals surface area contributed by atoms with Gasteiger partial charge in [-0.2, -0.15) is 0 Å². The number of ether oxygens (including phenoxy) is 1. The second-order valence-electron chi connectivity index (χ2n) is 4.35. The van der Waals surface area contributed by atoms with Crippen molar-refractivity contribution in [3.63, 3.8) is 0 Å².